The number of rotatable bonds is 2. The molecule has 3 aromatic carbocycles. The second kappa shape index (κ2) is 10.5. The molecule has 5 heteroatoms. The molecular formula is C31H20IrN2OS-2. The van der Waals surface area contributed by atoms with Crippen molar-refractivity contribution >= 4 is 43.4 Å². The molecule has 0 N–H and O–H groups in total. The molecule has 0 atom stereocenters. The topological polar surface area (TPSA) is 38.9 Å². The monoisotopic (exact) mass is 665 g/mol. The van der Waals surface area contributed by atoms with Gasteiger partial charge in [0.1, 0.15) is 5.58 Å². The normalized spacial score (nSPS) is 12.2. The van der Waals surface area contributed by atoms with Crippen LogP contribution in [0.25, 0.3) is 54.5 Å². The van der Waals surface area contributed by atoms with E-state index in [0.29, 0.717) is 11.1 Å². The van der Waals surface area contributed by atoms with Gasteiger partial charge in [-0.2, -0.15) is 0 Å². The summed E-state index contributed by atoms with van der Waals surface area (Å²) in [5.74, 6) is 0. The summed E-state index contributed by atoms with van der Waals surface area (Å²) in [7, 11) is 0. The quantitative estimate of drug-likeness (QED) is 0.174. The van der Waals surface area contributed by atoms with Gasteiger partial charge in [0.2, 0.25) is 0 Å². The van der Waals surface area contributed by atoms with Crippen LogP contribution in [0.1, 0.15) is 11.0 Å². The van der Waals surface area contributed by atoms with Crippen molar-refractivity contribution in [3.05, 3.63) is 120 Å². The van der Waals surface area contributed by atoms with Gasteiger partial charge in [0.05, 0.1) is 11.1 Å². The molecule has 0 aliphatic carbocycles. The maximum Gasteiger partial charge on any atom is 0.129 e. The second-order valence-corrected chi connectivity index (χ2v) is 8.86. The van der Waals surface area contributed by atoms with Gasteiger partial charge in [0, 0.05) is 47.9 Å². The van der Waals surface area contributed by atoms with E-state index in [9.17, 15) is 0 Å². The molecule has 0 bridgehead atoms. The van der Waals surface area contributed by atoms with Crippen LogP contribution in [0.5, 0.6) is 0 Å². The van der Waals surface area contributed by atoms with Crippen LogP contribution in [-0.4, -0.2) is 9.97 Å². The van der Waals surface area contributed by atoms with Crippen molar-refractivity contribution < 1.29 is 30.0 Å². The van der Waals surface area contributed by atoms with Crippen LogP contribution in [0.15, 0.2) is 107 Å². The molecule has 0 aliphatic heterocycles. The number of hydrogen-bond donors (Lipinski definition) is 0. The van der Waals surface area contributed by atoms with E-state index in [-0.39, 0.29) is 50.1 Å². The molecule has 0 saturated carbocycles. The molecule has 0 saturated heterocycles. The van der Waals surface area contributed by atoms with Crippen molar-refractivity contribution in [2.24, 2.45) is 0 Å². The number of aromatic nitrogens is 2. The molecule has 0 aliphatic rings. The molecule has 177 valence electrons. The Kier molecular flexibility index (Phi) is 5.73. The predicted molar refractivity (Wildman–Crippen MR) is 144 cm³/mol. The largest absolute Gasteiger partial charge is 0.500 e. The van der Waals surface area contributed by atoms with Gasteiger partial charge in [-0.3, -0.25) is 0 Å². The maximum absolute atomic E-state index is 8.17. The van der Waals surface area contributed by atoms with Crippen LogP contribution in [0.4, 0.5) is 0 Å². The summed E-state index contributed by atoms with van der Waals surface area (Å²) in [6, 6.07) is 27.0. The number of aryl methyl sites for hydroxylation is 1. The Bertz CT molecular complexity index is 1970. The van der Waals surface area contributed by atoms with E-state index >= 15 is 0 Å². The summed E-state index contributed by atoms with van der Waals surface area (Å²) in [6.45, 7) is 2.03. The van der Waals surface area contributed by atoms with E-state index in [4.69, 9.17) is 9.90 Å². The van der Waals surface area contributed by atoms with Crippen molar-refractivity contribution in [3.63, 3.8) is 0 Å². The summed E-state index contributed by atoms with van der Waals surface area (Å²) in [5.41, 5.74) is 5.07. The first kappa shape index (κ1) is 19.5. The zero-order chi connectivity index (χ0) is 27.1. The number of benzene rings is 3. The van der Waals surface area contributed by atoms with Gasteiger partial charge in [-0.15, -0.1) is 65.4 Å². The maximum atomic E-state index is 8.17. The minimum Gasteiger partial charge on any atom is -0.500 e. The van der Waals surface area contributed by atoms with E-state index < -0.39 is 0 Å². The van der Waals surface area contributed by atoms with Gasteiger partial charge in [0.25, 0.3) is 0 Å². The molecule has 7 aromatic rings. The van der Waals surface area contributed by atoms with Gasteiger partial charge in [-0.1, -0.05) is 41.2 Å². The molecule has 3 nitrogen and oxygen atoms in total. The minimum absolute atomic E-state index is 0. The Hall–Kier alpha value is -3.63. The first-order valence-electron chi connectivity index (χ1n) is 13.0. The molecule has 0 amide bonds. The number of nitrogens with zero attached hydrogens (tertiary/aromatic N) is 2. The van der Waals surface area contributed by atoms with Gasteiger partial charge in [0.15, 0.2) is 0 Å². The predicted octanol–water partition coefficient (Wildman–Crippen LogP) is 8.52. The number of hydrogen-bond acceptors (Lipinski definition) is 4. The standard InChI is InChI=1S/C19H10NOS.C12H10N.Ir/c1-2-10-20-16(6-1)14-5-3-4-12-13-7-8-17-15(9-11-22-17)19(13)21-18(12)14;1-10-7-8-12(13-9-10)11-5-3-2-4-6-11;/h1-4,6-11H;2-5,7-9H,1H3;/q2*-1;/i1D,2D,6D,10D;;. The van der Waals surface area contributed by atoms with Gasteiger partial charge in [-0.25, -0.2) is 0 Å². The molecule has 4 heterocycles. The third-order valence-corrected chi connectivity index (χ3v) is 6.51. The molecule has 1 radical (unpaired) electrons. The smallest absolute Gasteiger partial charge is 0.129 e. The third-order valence-electron chi connectivity index (χ3n) is 5.63. The molecule has 36 heavy (non-hydrogen) atoms. The van der Waals surface area contributed by atoms with E-state index in [1.807, 2.05) is 67.0 Å². The van der Waals surface area contributed by atoms with Gasteiger partial charge in [-0.05, 0) is 47.4 Å². The average Bonchev–Trinajstić information content (AvgIpc) is 3.60. The van der Waals surface area contributed by atoms with Gasteiger partial charge >= 0.3 is 0 Å². The van der Waals surface area contributed by atoms with E-state index in [2.05, 4.69) is 34.2 Å². The van der Waals surface area contributed by atoms with Crippen molar-refractivity contribution in [1.82, 2.24) is 9.97 Å². The van der Waals surface area contributed by atoms with E-state index in [1.54, 1.807) is 17.4 Å². The van der Waals surface area contributed by atoms with Crippen LogP contribution < -0.4 is 0 Å². The zero-order valence-electron chi connectivity index (χ0n) is 23.0. The summed E-state index contributed by atoms with van der Waals surface area (Å²) in [6.07, 6.45) is 1.54. The summed E-state index contributed by atoms with van der Waals surface area (Å²) in [5, 5.41) is 4.87. The number of pyridine rings is 2. The average molecular weight is 665 g/mol. The number of fused-ring (bicyclic) bond motifs is 5. The Morgan fingerprint density at radius 3 is 2.58 bits per heavy atom. The van der Waals surface area contributed by atoms with Crippen LogP contribution in [0.3, 0.4) is 0 Å². The zero-order valence-corrected chi connectivity index (χ0v) is 22.3. The summed E-state index contributed by atoms with van der Waals surface area (Å²) in [4.78, 5) is 8.38. The Balaban J connectivity index is 0.000000195. The van der Waals surface area contributed by atoms with Crippen LogP contribution >= 0.6 is 11.3 Å². The molecule has 7 rings (SSSR count). The van der Waals surface area contributed by atoms with Crippen LogP contribution in [0, 0.1) is 19.1 Å². The number of thiophene rings is 1. The fraction of sp³-hybridized carbons (Fsp3) is 0.0323. The fourth-order valence-corrected chi connectivity index (χ4v) is 4.73. The van der Waals surface area contributed by atoms with Crippen molar-refractivity contribution in [2.75, 3.05) is 0 Å². The molecular weight excluding hydrogens is 641 g/mol. The van der Waals surface area contributed by atoms with Crippen LogP contribution in [0.2, 0.25) is 0 Å². The first-order valence-corrected chi connectivity index (χ1v) is 11.9. The van der Waals surface area contributed by atoms with Crippen molar-refractivity contribution in [3.8, 4) is 22.5 Å². The molecule has 0 fully saturated rings. The number of furan rings is 1. The summed E-state index contributed by atoms with van der Waals surface area (Å²) < 4.78 is 38.8. The Morgan fingerprint density at radius 1 is 0.833 bits per heavy atom. The van der Waals surface area contributed by atoms with Gasteiger partial charge < -0.3 is 14.4 Å². The van der Waals surface area contributed by atoms with E-state index in [0.717, 1.165) is 37.7 Å². The Labute approximate surface area is 232 Å². The summed E-state index contributed by atoms with van der Waals surface area (Å²) >= 11 is 1.64. The molecule has 0 unspecified atom stereocenters. The minimum atomic E-state index is -0.351. The van der Waals surface area contributed by atoms with Crippen LogP contribution in [-0.2, 0) is 20.1 Å². The SMILES string of the molecule is Cc1ccc(-c2[c-]cccc2)nc1.[2H]c1nc(-c2[c-]ccc3c2oc2c4ccsc4ccc32)c([2H])c([2H])c1[2H].[Ir]. The van der Waals surface area contributed by atoms with Crippen molar-refractivity contribution in [1.29, 1.82) is 0 Å². The fourth-order valence-electron chi connectivity index (χ4n) is 3.95. The molecule has 0 spiro atoms. The van der Waals surface area contributed by atoms with E-state index in [1.165, 1.54) is 5.56 Å². The van der Waals surface area contributed by atoms with Crippen molar-refractivity contribution in [2.45, 2.75) is 6.92 Å². The first-order chi connectivity index (χ1) is 18.9. The third kappa shape index (κ3) is 4.61. The second-order valence-electron chi connectivity index (χ2n) is 7.92. The molecule has 4 aromatic heterocycles. The Morgan fingerprint density at radius 2 is 1.75 bits per heavy atom.